The molecule has 1 heterocycles. The van der Waals surface area contributed by atoms with Gasteiger partial charge in [-0.3, -0.25) is 9.69 Å². The number of hydrogen-bond acceptors (Lipinski definition) is 2. The normalized spacial score (nSPS) is 14.6. The Morgan fingerprint density at radius 2 is 1.79 bits per heavy atom. The Balaban J connectivity index is 0.000000980. The van der Waals surface area contributed by atoms with Crippen molar-refractivity contribution in [3.63, 3.8) is 0 Å². The molecule has 1 aliphatic rings. The predicted octanol–water partition coefficient (Wildman–Crippen LogP) is 2.01. The molecule has 1 aromatic rings. The minimum absolute atomic E-state index is 0. The molecule has 76 valence electrons. The monoisotopic (exact) mass is 211 g/mol. The molecule has 0 atom stereocenters. The van der Waals surface area contributed by atoms with E-state index in [1.165, 1.54) is 11.1 Å². The zero-order valence-electron chi connectivity index (χ0n) is 8.19. The molecule has 0 spiro atoms. The van der Waals surface area contributed by atoms with Gasteiger partial charge in [0.1, 0.15) is 5.78 Å². The Bertz CT molecular complexity index is 313. The molecule has 0 unspecified atom stereocenters. The van der Waals surface area contributed by atoms with Crippen LogP contribution in [0, 0.1) is 0 Å². The van der Waals surface area contributed by atoms with Gasteiger partial charge in [0.15, 0.2) is 0 Å². The van der Waals surface area contributed by atoms with Crippen LogP contribution in [0.3, 0.4) is 0 Å². The van der Waals surface area contributed by atoms with Crippen LogP contribution in [0.1, 0.15) is 18.1 Å². The molecule has 0 saturated heterocycles. The molecular formula is C11H14ClNO. The average molecular weight is 212 g/mol. The molecule has 14 heavy (non-hydrogen) atoms. The summed E-state index contributed by atoms with van der Waals surface area (Å²) in [5.74, 6) is 0.243. The molecule has 0 amide bonds. The summed E-state index contributed by atoms with van der Waals surface area (Å²) in [5.41, 5.74) is 2.73. The van der Waals surface area contributed by atoms with Crippen LogP contribution in [0.15, 0.2) is 24.3 Å². The van der Waals surface area contributed by atoms with Crippen molar-refractivity contribution in [3.05, 3.63) is 35.4 Å². The van der Waals surface area contributed by atoms with Gasteiger partial charge in [0, 0.05) is 13.1 Å². The summed E-state index contributed by atoms with van der Waals surface area (Å²) >= 11 is 0. The van der Waals surface area contributed by atoms with Crippen molar-refractivity contribution >= 4 is 18.2 Å². The molecule has 1 aliphatic heterocycles. The van der Waals surface area contributed by atoms with E-state index in [0.717, 1.165) is 13.1 Å². The number of benzene rings is 1. The fourth-order valence-corrected chi connectivity index (χ4v) is 1.83. The second-order valence-electron chi connectivity index (χ2n) is 3.62. The largest absolute Gasteiger partial charge is 0.299 e. The van der Waals surface area contributed by atoms with Crippen LogP contribution < -0.4 is 0 Å². The van der Waals surface area contributed by atoms with Crippen molar-refractivity contribution in [1.82, 2.24) is 4.90 Å². The van der Waals surface area contributed by atoms with E-state index in [4.69, 9.17) is 0 Å². The summed E-state index contributed by atoms with van der Waals surface area (Å²) in [7, 11) is 0. The van der Waals surface area contributed by atoms with Gasteiger partial charge in [0.25, 0.3) is 0 Å². The molecule has 1 aromatic carbocycles. The molecule has 0 bridgehead atoms. The molecule has 0 N–H and O–H groups in total. The molecule has 0 aliphatic carbocycles. The lowest BCUT2D eigenvalue weighted by molar-refractivity contribution is -0.118. The third-order valence-corrected chi connectivity index (χ3v) is 2.35. The Hall–Kier alpha value is -0.860. The first-order valence-electron chi connectivity index (χ1n) is 4.54. The van der Waals surface area contributed by atoms with Crippen LogP contribution in [-0.4, -0.2) is 17.2 Å². The van der Waals surface area contributed by atoms with E-state index >= 15 is 0 Å². The number of carbonyl (C=O) groups excluding carboxylic acids is 1. The van der Waals surface area contributed by atoms with Gasteiger partial charge in [-0.1, -0.05) is 24.3 Å². The third kappa shape index (κ3) is 2.34. The van der Waals surface area contributed by atoms with Gasteiger partial charge in [-0.2, -0.15) is 0 Å². The zero-order chi connectivity index (χ0) is 9.26. The first kappa shape index (κ1) is 11.2. The first-order chi connectivity index (χ1) is 6.25. The van der Waals surface area contributed by atoms with Crippen molar-refractivity contribution in [1.29, 1.82) is 0 Å². The number of carbonyl (C=O) groups is 1. The van der Waals surface area contributed by atoms with E-state index in [2.05, 4.69) is 29.2 Å². The van der Waals surface area contributed by atoms with Crippen molar-refractivity contribution in [2.75, 3.05) is 6.54 Å². The maximum absolute atomic E-state index is 10.9. The lowest BCUT2D eigenvalue weighted by Crippen LogP contribution is -2.22. The van der Waals surface area contributed by atoms with Crippen LogP contribution in [0.4, 0.5) is 0 Å². The van der Waals surface area contributed by atoms with Crippen molar-refractivity contribution in [3.8, 4) is 0 Å². The molecule has 2 rings (SSSR count). The number of halogens is 1. The van der Waals surface area contributed by atoms with Crippen molar-refractivity contribution in [2.24, 2.45) is 0 Å². The maximum atomic E-state index is 10.9. The Morgan fingerprint density at radius 3 is 2.21 bits per heavy atom. The maximum Gasteiger partial charge on any atom is 0.143 e. The number of fused-ring (bicyclic) bond motifs is 1. The highest BCUT2D eigenvalue weighted by molar-refractivity contribution is 5.85. The van der Waals surface area contributed by atoms with Crippen molar-refractivity contribution < 1.29 is 4.79 Å². The minimum atomic E-state index is 0. The SMILES string of the molecule is CC(=O)CN1Cc2ccccc2C1.Cl. The minimum Gasteiger partial charge on any atom is -0.299 e. The number of nitrogens with zero attached hydrogens (tertiary/aromatic N) is 1. The van der Waals surface area contributed by atoms with E-state index in [0.29, 0.717) is 6.54 Å². The predicted molar refractivity (Wildman–Crippen MR) is 58.5 cm³/mol. The number of ketones is 1. The van der Waals surface area contributed by atoms with Gasteiger partial charge in [0.2, 0.25) is 0 Å². The van der Waals surface area contributed by atoms with Crippen LogP contribution in [0.5, 0.6) is 0 Å². The fourth-order valence-electron chi connectivity index (χ4n) is 1.83. The van der Waals surface area contributed by atoms with E-state index in [9.17, 15) is 4.79 Å². The standard InChI is InChI=1S/C11H13NO.ClH/c1-9(13)6-12-7-10-4-2-3-5-11(10)8-12;/h2-5H,6-8H2,1H3;1H. The average Bonchev–Trinajstić information content (AvgIpc) is 2.44. The fraction of sp³-hybridized carbons (Fsp3) is 0.364. The zero-order valence-corrected chi connectivity index (χ0v) is 9.01. The van der Waals surface area contributed by atoms with E-state index < -0.39 is 0 Å². The second-order valence-corrected chi connectivity index (χ2v) is 3.62. The number of rotatable bonds is 2. The second kappa shape index (κ2) is 4.58. The van der Waals surface area contributed by atoms with Gasteiger partial charge in [-0.15, -0.1) is 12.4 Å². The number of hydrogen-bond donors (Lipinski definition) is 0. The highest BCUT2D eigenvalue weighted by Gasteiger charge is 2.18. The molecular weight excluding hydrogens is 198 g/mol. The molecule has 0 saturated carbocycles. The summed E-state index contributed by atoms with van der Waals surface area (Å²) in [6, 6.07) is 8.37. The van der Waals surface area contributed by atoms with Crippen LogP contribution >= 0.6 is 12.4 Å². The van der Waals surface area contributed by atoms with Gasteiger partial charge in [-0.05, 0) is 18.1 Å². The Kier molecular flexibility index (Phi) is 3.67. The van der Waals surface area contributed by atoms with Gasteiger partial charge in [-0.25, -0.2) is 0 Å². The summed E-state index contributed by atoms with van der Waals surface area (Å²) in [6.45, 7) is 4.07. The van der Waals surface area contributed by atoms with Crippen molar-refractivity contribution in [2.45, 2.75) is 20.0 Å². The highest BCUT2D eigenvalue weighted by atomic mass is 35.5. The molecule has 0 radical (unpaired) electrons. The smallest absolute Gasteiger partial charge is 0.143 e. The first-order valence-corrected chi connectivity index (χ1v) is 4.54. The number of Topliss-reactive ketones (excluding diaryl/α,β-unsaturated/α-hetero) is 1. The lowest BCUT2D eigenvalue weighted by atomic mass is 10.1. The van der Waals surface area contributed by atoms with E-state index in [-0.39, 0.29) is 18.2 Å². The molecule has 0 aromatic heterocycles. The van der Waals surface area contributed by atoms with Gasteiger partial charge < -0.3 is 0 Å². The van der Waals surface area contributed by atoms with E-state index in [1.54, 1.807) is 6.92 Å². The van der Waals surface area contributed by atoms with Crippen LogP contribution in [0.2, 0.25) is 0 Å². The molecule has 0 fully saturated rings. The quantitative estimate of drug-likeness (QED) is 0.746. The van der Waals surface area contributed by atoms with Crippen LogP contribution in [-0.2, 0) is 17.9 Å². The lowest BCUT2D eigenvalue weighted by Gasteiger charge is -2.11. The summed E-state index contributed by atoms with van der Waals surface area (Å²) in [6.07, 6.45) is 0. The molecule has 2 nitrogen and oxygen atoms in total. The Morgan fingerprint density at radius 1 is 1.29 bits per heavy atom. The van der Waals surface area contributed by atoms with Gasteiger partial charge in [0.05, 0.1) is 6.54 Å². The third-order valence-electron chi connectivity index (χ3n) is 2.35. The Labute approximate surface area is 90.3 Å². The topological polar surface area (TPSA) is 20.3 Å². The highest BCUT2D eigenvalue weighted by Crippen LogP contribution is 2.21. The summed E-state index contributed by atoms with van der Waals surface area (Å²) in [4.78, 5) is 13.1. The summed E-state index contributed by atoms with van der Waals surface area (Å²) < 4.78 is 0. The van der Waals surface area contributed by atoms with Gasteiger partial charge >= 0.3 is 0 Å². The van der Waals surface area contributed by atoms with E-state index in [1.807, 2.05) is 0 Å². The van der Waals surface area contributed by atoms with Crippen LogP contribution in [0.25, 0.3) is 0 Å². The molecule has 3 heteroatoms. The summed E-state index contributed by atoms with van der Waals surface area (Å²) in [5, 5.41) is 0.